The number of phenolic OH excluding ortho intramolecular Hbond substituents is 1. The molecular weight excluding hydrogens is 777 g/mol. The van der Waals surface area contributed by atoms with Crippen molar-refractivity contribution in [2.75, 3.05) is 6.54 Å². The number of phenols is 1. The molecule has 60 heavy (non-hydrogen) atoms. The minimum Gasteiger partial charge on any atom is -0.507 e. The van der Waals surface area contributed by atoms with Crippen molar-refractivity contribution >= 4 is 29.8 Å². The summed E-state index contributed by atoms with van der Waals surface area (Å²) in [6, 6.07) is 8.69. The number of carbonyl (C=O) groups excluding carboxylic acids is 3. The summed E-state index contributed by atoms with van der Waals surface area (Å²) in [5.41, 5.74) is 1.59. The van der Waals surface area contributed by atoms with Crippen LogP contribution in [0.4, 0.5) is 0 Å². The number of amides is 3. The molecule has 18 nitrogen and oxygen atoms in total. The van der Waals surface area contributed by atoms with Crippen molar-refractivity contribution in [2.24, 2.45) is 0 Å². The predicted molar refractivity (Wildman–Crippen MR) is 215 cm³/mol. The van der Waals surface area contributed by atoms with Crippen LogP contribution >= 0.6 is 0 Å². The first-order valence-electron chi connectivity index (χ1n) is 20.0. The van der Waals surface area contributed by atoms with E-state index >= 15 is 0 Å². The molecule has 0 radical (unpaired) electrons. The smallest absolute Gasteiger partial charge is 0.336 e. The number of aromatic amines is 1. The van der Waals surface area contributed by atoms with Gasteiger partial charge in [-0.05, 0) is 67.1 Å². The molecule has 9 N–H and O–H groups in total. The van der Waals surface area contributed by atoms with E-state index < -0.39 is 66.8 Å². The maximum Gasteiger partial charge on any atom is 0.336 e. The molecule has 6 atom stereocenters. The van der Waals surface area contributed by atoms with E-state index in [1.54, 1.807) is 50.4 Å². The Hall–Kier alpha value is -5.95. The number of carboxylic acid groups (broad SMARTS) is 1. The molecule has 0 unspecified atom stereocenters. The van der Waals surface area contributed by atoms with E-state index in [-0.39, 0.29) is 42.6 Å². The SMILES string of the molecule is Cc1cc(C(=O)NC[C@@H](O)[C@@H](O)[C@@H]2O[C@@](C/C=C/c3cccc(CNC(=O)c4cn[nH]c4)c3)(C(=O)O)C[C@H](O)[C@H]2NC(=O)Cn2cc(C3CCCCC3)nn2)cc(C)c1O. The molecule has 1 aliphatic heterocycles. The number of aliphatic carboxylic acids is 1. The third-order valence-corrected chi connectivity index (χ3v) is 11.2. The first kappa shape index (κ1) is 43.6. The van der Waals surface area contributed by atoms with Crippen LogP contribution in [0.3, 0.4) is 0 Å². The largest absolute Gasteiger partial charge is 0.507 e. The first-order chi connectivity index (χ1) is 28.7. The topological polar surface area (TPSA) is 274 Å². The number of benzene rings is 2. The standard InChI is InChI=1S/C42H52N8O10/c1-24-14-29(15-25(2)36(24)54)39(56)44-21-33(52)37(55)38-35(47-34(53)23-50-22-31(48-49-50)28-11-4-3-5-12-28)32(51)17-42(60-38,41(58)59)13-7-10-26-8-6-9-27(16-26)18-43-40(57)30-19-45-46-20-30/h6-10,14-16,19-20,22,28,32-33,35,37-38,51-52,54-55H,3-5,11-13,17-18,21,23H2,1-2H3,(H,43,57)(H,44,56)(H,45,46)(H,47,53)(H,58,59)/b10-7+/t32-,33+,35+,37+,38+,42+/m0/s1. The van der Waals surface area contributed by atoms with Gasteiger partial charge in [-0.25, -0.2) is 9.48 Å². The van der Waals surface area contributed by atoms with Crippen LogP contribution in [0, 0.1) is 13.8 Å². The number of aliphatic hydroxyl groups is 3. The number of nitrogens with zero attached hydrogens (tertiary/aromatic N) is 4. The number of aromatic nitrogens is 5. The molecule has 0 bridgehead atoms. The highest BCUT2D eigenvalue weighted by Gasteiger charge is 2.54. The van der Waals surface area contributed by atoms with Crippen molar-refractivity contribution < 1.29 is 49.4 Å². The van der Waals surface area contributed by atoms with Gasteiger partial charge in [0.05, 0.1) is 35.7 Å². The van der Waals surface area contributed by atoms with Gasteiger partial charge in [0.15, 0.2) is 5.60 Å². The third kappa shape index (κ3) is 10.6. The van der Waals surface area contributed by atoms with Crippen LogP contribution in [0.25, 0.3) is 6.08 Å². The molecule has 2 aliphatic rings. The Bertz CT molecular complexity index is 2140. The number of rotatable bonds is 16. The summed E-state index contributed by atoms with van der Waals surface area (Å²) in [7, 11) is 0. The fraction of sp³-hybridized carbons (Fsp3) is 0.452. The average molecular weight is 829 g/mol. The Kier molecular flexibility index (Phi) is 14.1. The summed E-state index contributed by atoms with van der Waals surface area (Å²) in [5.74, 6) is -2.74. The van der Waals surface area contributed by atoms with Crippen molar-refractivity contribution in [2.45, 2.75) is 114 Å². The van der Waals surface area contributed by atoms with Gasteiger partial charge in [0.2, 0.25) is 5.91 Å². The van der Waals surface area contributed by atoms with Gasteiger partial charge in [0.25, 0.3) is 11.8 Å². The summed E-state index contributed by atoms with van der Waals surface area (Å²) in [5, 5.41) is 77.8. The van der Waals surface area contributed by atoms with Gasteiger partial charge < -0.3 is 46.2 Å². The maximum absolute atomic E-state index is 13.5. The Morgan fingerprint density at radius 1 is 1.03 bits per heavy atom. The second kappa shape index (κ2) is 19.4. The lowest BCUT2D eigenvalue weighted by Gasteiger charge is -2.47. The molecule has 1 saturated heterocycles. The fourth-order valence-corrected chi connectivity index (χ4v) is 7.81. The summed E-state index contributed by atoms with van der Waals surface area (Å²) in [6.45, 7) is 2.65. The molecule has 3 heterocycles. The zero-order chi connectivity index (χ0) is 43.0. The van der Waals surface area contributed by atoms with Gasteiger partial charge in [-0.3, -0.25) is 19.5 Å². The van der Waals surface area contributed by atoms with Gasteiger partial charge in [0.1, 0.15) is 24.5 Å². The highest BCUT2D eigenvalue weighted by Crippen LogP contribution is 2.36. The molecule has 1 saturated carbocycles. The quantitative estimate of drug-likeness (QED) is 0.0783. The van der Waals surface area contributed by atoms with Crippen molar-refractivity contribution in [3.63, 3.8) is 0 Å². The minimum absolute atomic E-state index is 0.0362. The first-order valence-corrected chi connectivity index (χ1v) is 20.0. The van der Waals surface area contributed by atoms with E-state index in [1.807, 2.05) is 6.07 Å². The molecular formula is C42H52N8O10. The number of nitrogens with one attached hydrogen (secondary N) is 4. The Morgan fingerprint density at radius 2 is 1.77 bits per heavy atom. The zero-order valence-electron chi connectivity index (χ0n) is 33.5. The van der Waals surface area contributed by atoms with Gasteiger partial charge in [-0.1, -0.05) is 54.8 Å². The van der Waals surface area contributed by atoms with Gasteiger partial charge in [-0.15, -0.1) is 5.10 Å². The summed E-state index contributed by atoms with van der Waals surface area (Å²) < 4.78 is 7.54. The minimum atomic E-state index is -2.12. The second-order valence-corrected chi connectivity index (χ2v) is 15.7. The molecule has 1 aliphatic carbocycles. The van der Waals surface area contributed by atoms with E-state index in [2.05, 4.69) is 36.5 Å². The van der Waals surface area contributed by atoms with Crippen LogP contribution in [0.2, 0.25) is 0 Å². The molecule has 4 aromatic rings. The van der Waals surface area contributed by atoms with Crippen LogP contribution < -0.4 is 16.0 Å². The predicted octanol–water partition coefficient (Wildman–Crippen LogP) is 2.01. The maximum atomic E-state index is 13.5. The van der Waals surface area contributed by atoms with E-state index in [0.29, 0.717) is 22.3 Å². The molecule has 3 amide bonds. The number of aryl methyl sites for hydroxylation is 2. The fourth-order valence-electron chi connectivity index (χ4n) is 7.81. The van der Waals surface area contributed by atoms with E-state index in [4.69, 9.17) is 4.74 Å². The molecule has 2 aromatic heterocycles. The summed E-state index contributed by atoms with van der Waals surface area (Å²) in [4.78, 5) is 51.9. The third-order valence-electron chi connectivity index (χ3n) is 11.2. The van der Waals surface area contributed by atoms with E-state index in [9.17, 15) is 44.7 Å². The zero-order valence-corrected chi connectivity index (χ0v) is 33.5. The van der Waals surface area contributed by atoms with Crippen LogP contribution in [-0.2, 0) is 27.4 Å². The van der Waals surface area contributed by atoms with Crippen LogP contribution in [0.1, 0.15) is 99.5 Å². The molecule has 320 valence electrons. The highest BCUT2D eigenvalue weighted by atomic mass is 16.6. The normalized spacial score (nSPS) is 21.9. The lowest BCUT2D eigenvalue weighted by atomic mass is 9.81. The van der Waals surface area contributed by atoms with Crippen molar-refractivity contribution in [3.05, 3.63) is 100 Å². The van der Waals surface area contributed by atoms with E-state index in [1.165, 1.54) is 29.2 Å². The number of carbonyl (C=O) groups is 4. The van der Waals surface area contributed by atoms with Crippen molar-refractivity contribution in [1.82, 2.24) is 41.1 Å². The number of hydrogen-bond donors (Lipinski definition) is 9. The lowest BCUT2D eigenvalue weighted by Crippen LogP contribution is -2.67. The Labute approximate surface area is 346 Å². The van der Waals surface area contributed by atoms with Crippen LogP contribution in [0.15, 0.2) is 61.1 Å². The second-order valence-electron chi connectivity index (χ2n) is 15.7. The number of aliphatic hydroxyl groups excluding tert-OH is 3. The number of ether oxygens (including phenoxy) is 1. The van der Waals surface area contributed by atoms with Crippen LogP contribution in [-0.4, -0.2) is 117 Å². The lowest BCUT2D eigenvalue weighted by molar-refractivity contribution is -0.226. The number of H-pyrrole nitrogens is 1. The number of hydrogen-bond acceptors (Lipinski definition) is 12. The van der Waals surface area contributed by atoms with E-state index in [0.717, 1.165) is 43.4 Å². The number of aromatic hydroxyl groups is 1. The van der Waals surface area contributed by atoms with Crippen molar-refractivity contribution in [1.29, 1.82) is 0 Å². The Morgan fingerprint density at radius 3 is 2.47 bits per heavy atom. The summed E-state index contributed by atoms with van der Waals surface area (Å²) >= 11 is 0. The highest BCUT2D eigenvalue weighted by molar-refractivity contribution is 5.95. The number of carboxylic acids is 1. The molecule has 6 rings (SSSR count). The Balaban J connectivity index is 1.17. The molecule has 18 heteroatoms. The monoisotopic (exact) mass is 828 g/mol. The van der Waals surface area contributed by atoms with Gasteiger partial charge >= 0.3 is 5.97 Å². The molecule has 2 aromatic carbocycles. The average Bonchev–Trinajstić information content (AvgIpc) is 3.95. The molecule has 0 spiro atoms. The van der Waals surface area contributed by atoms with Gasteiger partial charge in [-0.2, -0.15) is 5.10 Å². The van der Waals surface area contributed by atoms with Crippen LogP contribution in [0.5, 0.6) is 5.75 Å². The van der Waals surface area contributed by atoms with Gasteiger partial charge in [0, 0.05) is 49.8 Å². The summed E-state index contributed by atoms with van der Waals surface area (Å²) in [6.07, 6.45) is 5.34. The van der Waals surface area contributed by atoms with Crippen molar-refractivity contribution in [3.8, 4) is 5.75 Å². The molecule has 2 fully saturated rings.